The lowest BCUT2D eigenvalue weighted by Gasteiger charge is -2.35. The first-order valence-corrected chi connectivity index (χ1v) is 12.7. The van der Waals surface area contributed by atoms with Gasteiger partial charge in [-0.2, -0.15) is 0 Å². The van der Waals surface area contributed by atoms with Gasteiger partial charge in [0.15, 0.2) is 5.54 Å². The normalized spacial score (nSPS) is 18.8. The fourth-order valence-electron chi connectivity index (χ4n) is 5.57. The van der Waals surface area contributed by atoms with Gasteiger partial charge in [0.1, 0.15) is 0 Å². The van der Waals surface area contributed by atoms with E-state index in [0.29, 0.717) is 31.0 Å². The SMILES string of the molecule is C[C@]12C(=O)N(c3ccccc3C(=O)NCCc3cccc(Cl)c3)C(=O)N1CCc1c2[nH]c2ccccc12. The number of rotatable bonds is 5. The van der Waals surface area contributed by atoms with Crippen molar-refractivity contribution >= 4 is 46.0 Å². The van der Waals surface area contributed by atoms with Crippen LogP contribution in [0.4, 0.5) is 10.5 Å². The minimum Gasteiger partial charge on any atom is -0.356 e. The largest absolute Gasteiger partial charge is 0.356 e. The van der Waals surface area contributed by atoms with E-state index >= 15 is 0 Å². The molecule has 0 radical (unpaired) electrons. The maximum absolute atomic E-state index is 14.0. The average Bonchev–Trinajstić information content (AvgIpc) is 3.37. The van der Waals surface area contributed by atoms with Crippen molar-refractivity contribution in [1.29, 1.82) is 0 Å². The molecule has 2 aliphatic heterocycles. The number of para-hydroxylation sites is 2. The van der Waals surface area contributed by atoms with Crippen LogP contribution in [-0.4, -0.2) is 40.8 Å². The van der Waals surface area contributed by atoms with Crippen molar-refractivity contribution in [3.05, 3.63) is 100 Å². The number of halogens is 1. The van der Waals surface area contributed by atoms with Gasteiger partial charge in [0.25, 0.3) is 11.8 Å². The Morgan fingerprint density at radius 1 is 1.05 bits per heavy atom. The van der Waals surface area contributed by atoms with E-state index in [2.05, 4.69) is 10.3 Å². The Labute approximate surface area is 219 Å². The van der Waals surface area contributed by atoms with Gasteiger partial charge >= 0.3 is 6.03 Å². The molecule has 6 rings (SSSR count). The number of imide groups is 1. The standard InChI is InChI=1S/C29H25ClN4O3/c1-29-25-21(20-9-2-4-11-23(20)32-25)14-16-33(29)28(37)34(27(29)36)24-12-5-3-10-22(24)26(35)31-15-13-18-7-6-8-19(30)17-18/h2-12,17,32H,13-16H2,1H3,(H,31,35)/t29-/m0/s1. The number of benzene rings is 3. The number of nitrogens with one attached hydrogen (secondary N) is 2. The highest BCUT2D eigenvalue weighted by Crippen LogP contribution is 2.45. The summed E-state index contributed by atoms with van der Waals surface area (Å²) in [6, 6.07) is 21.7. The molecule has 3 aromatic carbocycles. The quantitative estimate of drug-likeness (QED) is 0.368. The third-order valence-electron chi connectivity index (χ3n) is 7.45. The number of urea groups is 1. The van der Waals surface area contributed by atoms with Crippen LogP contribution < -0.4 is 10.2 Å². The second-order valence-corrected chi connectivity index (χ2v) is 10.0. The van der Waals surface area contributed by atoms with Gasteiger partial charge in [-0.15, -0.1) is 0 Å². The summed E-state index contributed by atoms with van der Waals surface area (Å²) in [5.41, 5.74) is 3.12. The molecule has 3 heterocycles. The van der Waals surface area contributed by atoms with Crippen molar-refractivity contribution in [1.82, 2.24) is 15.2 Å². The van der Waals surface area contributed by atoms with Gasteiger partial charge in [0, 0.05) is 29.0 Å². The minimum atomic E-state index is -1.18. The van der Waals surface area contributed by atoms with Crippen LogP contribution >= 0.6 is 11.6 Å². The molecule has 37 heavy (non-hydrogen) atoms. The van der Waals surface area contributed by atoms with Crippen molar-refractivity contribution in [3.8, 4) is 0 Å². The number of H-pyrrole nitrogens is 1. The van der Waals surface area contributed by atoms with E-state index in [9.17, 15) is 14.4 Å². The molecule has 0 unspecified atom stereocenters. The summed E-state index contributed by atoms with van der Waals surface area (Å²) in [4.78, 5) is 47.0. The Bertz CT molecular complexity index is 1580. The van der Waals surface area contributed by atoms with Crippen LogP contribution in [0.2, 0.25) is 5.02 Å². The zero-order chi connectivity index (χ0) is 25.7. The van der Waals surface area contributed by atoms with Gasteiger partial charge in [0.2, 0.25) is 0 Å². The van der Waals surface area contributed by atoms with E-state index in [0.717, 1.165) is 32.6 Å². The van der Waals surface area contributed by atoms with Crippen molar-refractivity contribution in [3.63, 3.8) is 0 Å². The number of carbonyl (C=O) groups excluding carboxylic acids is 3. The van der Waals surface area contributed by atoms with E-state index in [-0.39, 0.29) is 23.1 Å². The van der Waals surface area contributed by atoms with Crippen LogP contribution in [0.3, 0.4) is 0 Å². The van der Waals surface area contributed by atoms with Gasteiger partial charge in [-0.25, -0.2) is 9.69 Å². The second-order valence-electron chi connectivity index (χ2n) is 9.57. The lowest BCUT2D eigenvalue weighted by Crippen LogP contribution is -2.49. The molecule has 2 aliphatic rings. The molecule has 4 amide bonds. The molecule has 7 nitrogen and oxygen atoms in total. The molecule has 1 aromatic heterocycles. The summed E-state index contributed by atoms with van der Waals surface area (Å²) in [7, 11) is 0. The van der Waals surface area contributed by atoms with E-state index < -0.39 is 11.6 Å². The number of aromatic amines is 1. The van der Waals surface area contributed by atoms with E-state index in [4.69, 9.17) is 11.6 Å². The Kier molecular flexibility index (Phi) is 5.53. The Morgan fingerprint density at radius 3 is 2.68 bits per heavy atom. The summed E-state index contributed by atoms with van der Waals surface area (Å²) in [5.74, 6) is -0.719. The maximum atomic E-state index is 14.0. The third kappa shape index (κ3) is 3.61. The molecule has 1 fully saturated rings. The lowest BCUT2D eigenvalue weighted by atomic mass is 9.87. The zero-order valence-corrected chi connectivity index (χ0v) is 21.0. The summed E-state index contributed by atoms with van der Waals surface area (Å²) in [6.45, 7) is 2.59. The lowest BCUT2D eigenvalue weighted by molar-refractivity contribution is -0.125. The average molecular weight is 513 g/mol. The van der Waals surface area contributed by atoms with Crippen LogP contribution in [0.15, 0.2) is 72.8 Å². The first-order chi connectivity index (χ1) is 17.9. The predicted octanol–water partition coefficient (Wildman–Crippen LogP) is 5.03. The second kappa shape index (κ2) is 8.78. The van der Waals surface area contributed by atoms with E-state index in [1.807, 2.05) is 42.5 Å². The molecule has 0 aliphatic carbocycles. The fourth-order valence-corrected chi connectivity index (χ4v) is 5.79. The van der Waals surface area contributed by atoms with Gasteiger partial charge in [-0.1, -0.05) is 54.1 Å². The molecule has 0 spiro atoms. The van der Waals surface area contributed by atoms with Gasteiger partial charge in [-0.05, 0) is 61.2 Å². The highest BCUT2D eigenvalue weighted by atomic mass is 35.5. The number of nitrogens with zero attached hydrogens (tertiary/aromatic N) is 2. The van der Waals surface area contributed by atoms with Gasteiger partial charge in [-0.3, -0.25) is 9.59 Å². The van der Waals surface area contributed by atoms with Crippen molar-refractivity contribution in [2.24, 2.45) is 0 Å². The molecule has 8 heteroatoms. The van der Waals surface area contributed by atoms with Gasteiger partial charge < -0.3 is 15.2 Å². The molecule has 0 bridgehead atoms. The third-order valence-corrected chi connectivity index (χ3v) is 7.68. The summed E-state index contributed by atoms with van der Waals surface area (Å²) in [5, 5.41) is 4.62. The van der Waals surface area contributed by atoms with Crippen LogP contribution in [-0.2, 0) is 23.2 Å². The van der Waals surface area contributed by atoms with Crippen LogP contribution in [0, 0.1) is 0 Å². The summed E-state index contributed by atoms with van der Waals surface area (Å²) < 4.78 is 0. The first-order valence-electron chi connectivity index (χ1n) is 12.3. The number of fused-ring (bicyclic) bond motifs is 5. The molecule has 4 aromatic rings. The predicted molar refractivity (Wildman–Crippen MR) is 143 cm³/mol. The maximum Gasteiger partial charge on any atom is 0.332 e. The van der Waals surface area contributed by atoms with Crippen molar-refractivity contribution in [2.75, 3.05) is 18.0 Å². The molecule has 0 saturated carbocycles. The Hall–Kier alpha value is -4.10. The molecular formula is C29H25ClN4O3. The Morgan fingerprint density at radius 2 is 1.84 bits per heavy atom. The monoisotopic (exact) mass is 512 g/mol. The summed E-state index contributed by atoms with van der Waals surface area (Å²) >= 11 is 6.06. The number of hydrogen-bond donors (Lipinski definition) is 2. The van der Waals surface area contributed by atoms with Crippen molar-refractivity contribution in [2.45, 2.75) is 25.3 Å². The van der Waals surface area contributed by atoms with E-state index in [1.54, 1.807) is 42.2 Å². The van der Waals surface area contributed by atoms with Gasteiger partial charge in [0.05, 0.1) is 16.9 Å². The molecule has 1 atom stereocenters. The number of aromatic nitrogens is 1. The topological polar surface area (TPSA) is 85.5 Å². The molecule has 2 N–H and O–H groups in total. The number of hydrogen-bond acceptors (Lipinski definition) is 3. The number of carbonyl (C=O) groups is 3. The van der Waals surface area contributed by atoms with Crippen molar-refractivity contribution < 1.29 is 14.4 Å². The molecule has 186 valence electrons. The number of amides is 4. The smallest absolute Gasteiger partial charge is 0.332 e. The highest BCUT2D eigenvalue weighted by Gasteiger charge is 2.59. The number of anilines is 1. The fraction of sp³-hybridized carbons (Fsp3) is 0.207. The minimum absolute atomic E-state index is 0.274. The molecule has 1 saturated heterocycles. The summed E-state index contributed by atoms with van der Waals surface area (Å²) in [6.07, 6.45) is 1.25. The molecular weight excluding hydrogens is 488 g/mol. The zero-order valence-electron chi connectivity index (χ0n) is 20.3. The van der Waals surface area contributed by atoms with Crippen LogP contribution in [0.5, 0.6) is 0 Å². The van der Waals surface area contributed by atoms with Crippen LogP contribution in [0.1, 0.15) is 34.1 Å². The van der Waals surface area contributed by atoms with E-state index in [1.165, 1.54) is 0 Å². The first kappa shape index (κ1) is 23.3. The highest BCUT2D eigenvalue weighted by molar-refractivity contribution is 6.30. The van der Waals surface area contributed by atoms with Crippen LogP contribution in [0.25, 0.3) is 10.9 Å². The Balaban J connectivity index is 1.31.